The zero-order valence-electron chi connectivity index (χ0n) is 15.1. The number of aromatic amines is 1. The van der Waals surface area contributed by atoms with E-state index in [4.69, 9.17) is 0 Å². The molecule has 0 spiro atoms. The zero-order chi connectivity index (χ0) is 20.0. The van der Waals surface area contributed by atoms with Crippen LogP contribution < -0.4 is 4.90 Å². The lowest BCUT2D eigenvalue weighted by Gasteiger charge is -2.34. The standard InChI is InChI=1S/C20H15F2N7/c21-20(22)13-4-2-7-29-16(13)9-15(27-29)19-18-14(24-11-25-18)6-8-28(19)17-5-1-3-12(10-23)26-17/h1-5,7,9,11,19-20H,6,8H2,(H,24,25)/t19-/m1/s1. The minimum absolute atomic E-state index is 0.0690. The zero-order valence-corrected chi connectivity index (χ0v) is 15.1. The third-order valence-corrected chi connectivity index (χ3v) is 5.14. The van der Waals surface area contributed by atoms with Gasteiger partial charge in [-0.25, -0.2) is 23.3 Å². The third kappa shape index (κ3) is 2.81. The van der Waals surface area contributed by atoms with Crippen LogP contribution in [0.1, 0.15) is 40.8 Å². The lowest BCUT2D eigenvalue weighted by atomic mass is 9.99. The first kappa shape index (κ1) is 17.3. The van der Waals surface area contributed by atoms with Gasteiger partial charge in [-0.05, 0) is 30.3 Å². The molecule has 5 rings (SSSR count). The summed E-state index contributed by atoms with van der Waals surface area (Å²) >= 11 is 0. The maximum absolute atomic E-state index is 13.5. The van der Waals surface area contributed by atoms with E-state index in [9.17, 15) is 14.0 Å². The molecule has 0 saturated carbocycles. The molecule has 0 saturated heterocycles. The van der Waals surface area contributed by atoms with Crippen LogP contribution in [0.5, 0.6) is 0 Å². The fourth-order valence-corrected chi connectivity index (χ4v) is 3.84. The number of halogens is 2. The predicted molar refractivity (Wildman–Crippen MR) is 101 cm³/mol. The normalized spacial score (nSPS) is 16.2. The second-order valence-electron chi connectivity index (χ2n) is 6.77. The first-order chi connectivity index (χ1) is 14.2. The largest absolute Gasteiger partial charge is 0.348 e. The smallest absolute Gasteiger partial charge is 0.265 e. The molecule has 29 heavy (non-hydrogen) atoms. The molecule has 7 nitrogen and oxygen atoms in total. The number of anilines is 1. The summed E-state index contributed by atoms with van der Waals surface area (Å²) in [5.41, 5.74) is 2.95. The van der Waals surface area contributed by atoms with Crippen molar-refractivity contribution >= 4 is 11.3 Å². The minimum Gasteiger partial charge on any atom is -0.348 e. The van der Waals surface area contributed by atoms with E-state index >= 15 is 0 Å². The summed E-state index contributed by atoms with van der Waals surface area (Å²) in [6, 6.07) is 11.5. The van der Waals surface area contributed by atoms with Crippen LogP contribution in [0, 0.1) is 11.3 Å². The molecule has 144 valence electrons. The molecule has 4 aromatic rings. The van der Waals surface area contributed by atoms with Gasteiger partial charge < -0.3 is 9.88 Å². The van der Waals surface area contributed by atoms with Gasteiger partial charge in [0.15, 0.2) is 0 Å². The van der Waals surface area contributed by atoms with Crippen LogP contribution >= 0.6 is 0 Å². The highest BCUT2D eigenvalue weighted by atomic mass is 19.3. The van der Waals surface area contributed by atoms with Gasteiger partial charge in [-0.1, -0.05) is 6.07 Å². The number of hydrogen-bond donors (Lipinski definition) is 1. The Morgan fingerprint density at radius 2 is 2.14 bits per heavy atom. The van der Waals surface area contributed by atoms with Crippen molar-refractivity contribution in [1.82, 2.24) is 24.6 Å². The quantitative estimate of drug-likeness (QED) is 0.578. The van der Waals surface area contributed by atoms with Crippen LogP contribution in [-0.2, 0) is 6.42 Å². The minimum atomic E-state index is -2.60. The Morgan fingerprint density at radius 1 is 1.24 bits per heavy atom. The van der Waals surface area contributed by atoms with E-state index in [0.29, 0.717) is 29.3 Å². The van der Waals surface area contributed by atoms with Gasteiger partial charge in [0.25, 0.3) is 6.43 Å². The van der Waals surface area contributed by atoms with Crippen molar-refractivity contribution < 1.29 is 8.78 Å². The van der Waals surface area contributed by atoms with Crippen molar-refractivity contribution in [2.24, 2.45) is 0 Å². The van der Waals surface area contributed by atoms with Gasteiger partial charge in [-0.15, -0.1) is 0 Å². The highest BCUT2D eigenvalue weighted by Gasteiger charge is 2.34. The lowest BCUT2D eigenvalue weighted by molar-refractivity contribution is 0.152. The van der Waals surface area contributed by atoms with Gasteiger partial charge in [0.05, 0.1) is 23.2 Å². The van der Waals surface area contributed by atoms with Crippen molar-refractivity contribution in [2.45, 2.75) is 18.9 Å². The highest BCUT2D eigenvalue weighted by Crippen LogP contribution is 2.36. The average Bonchev–Trinajstić information content (AvgIpc) is 3.39. The summed E-state index contributed by atoms with van der Waals surface area (Å²) in [7, 11) is 0. The van der Waals surface area contributed by atoms with Crippen LogP contribution in [0.25, 0.3) is 5.52 Å². The first-order valence-electron chi connectivity index (χ1n) is 9.08. The molecular weight excluding hydrogens is 376 g/mol. The molecule has 1 N–H and O–H groups in total. The van der Waals surface area contributed by atoms with E-state index in [0.717, 1.165) is 17.8 Å². The van der Waals surface area contributed by atoms with Crippen molar-refractivity contribution in [3.8, 4) is 6.07 Å². The Kier molecular flexibility index (Phi) is 3.98. The predicted octanol–water partition coefficient (Wildman–Crippen LogP) is 3.41. The summed E-state index contributed by atoms with van der Waals surface area (Å²) in [5.74, 6) is 0.619. The number of alkyl halides is 2. The average molecular weight is 391 g/mol. The highest BCUT2D eigenvalue weighted by molar-refractivity contribution is 5.58. The van der Waals surface area contributed by atoms with E-state index in [1.54, 1.807) is 36.8 Å². The molecule has 9 heteroatoms. The van der Waals surface area contributed by atoms with E-state index in [2.05, 4.69) is 26.1 Å². The number of rotatable bonds is 3. The Hall–Kier alpha value is -3.80. The van der Waals surface area contributed by atoms with Crippen LogP contribution in [-0.4, -0.2) is 31.1 Å². The van der Waals surface area contributed by atoms with Crippen molar-refractivity contribution in [1.29, 1.82) is 5.26 Å². The molecule has 0 radical (unpaired) electrons. The Bertz CT molecular complexity index is 1240. The van der Waals surface area contributed by atoms with Crippen LogP contribution in [0.15, 0.2) is 48.9 Å². The maximum atomic E-state index is 13.5. The molecule has 0 fully saturated rings. The SMILES string of the molecule is N#Cc1cccc(N2CCc3[nH]cnc3[C@H]2c2cc3c(C(F)F)cccn3n2)n1. The molecule has 0 unspecified atom stereocenters. The molecule has 0 amide bonds. The molecule has 1 aliphatic rings. The number of nitrogens with one attached hydrogen (secondary N) is 1. The number of hydrogen-bond acceptors (Lipinski definition) is 5. The second-order valence-corrected chi connectivity index (χ2v) is 6.77. The number of aromatic nitrogens is 5. The number of nitrogens with zero attached hydrogens (tertiary/aromatic N) is 6. The van der Waals surface area contributed by atoms with Gasteiger partial charge in [0, 0.05) is 30.4 Å². The molecule has 1 aliphatic heterocycles. The first-order valence-corrected chi connectivity index (χ1v) is 9.08. The summed E-state index contributed by atoms with van der Waals surface area (Å²) < 4.78 is 28.4. The fraction of sp³-hybridized carbons (Fsp3) is 0.200. The number of nitriles is 1. The summed E-state index contributed by atoms with van der Waals surface area (Å²) in [5, 5.41) is 13.8. The third-order valence-electron chi connectivity index (χ3n) is 5.14. The fourth-order valence-electron chi connectivity index (χ4n) is 3.84. The lowest BCUT2D eigenvalue weighted by Crippen LogP contribution is -2.37. The summed E-state index contributed by atoms with van der Waals surface area (Å²) in [6.07, 6.45) is 1.40. The van der Waals surface area contributed by atoms with Gasteiger partial charge in [0.1, 0.15) is 23.6 Å². The maximum Gasteiger partial charge on any atom is 0.265 e. The Balaban J connectivity index is 1.68. The summed E-state index contributed by atoms with van der Waals surface area (Å²) in [4.78, 5) is 14.1. The van der Waals surface area contributed by atoms with Gasteiger partial charge in [0.2, 0.25) is 0 Å². The molecule has 0 bridgehead atoms. The number of pyridine rings is 2. The van der Waals surface area contributed by atoms with Gasteiger partial charge in [-0.2, -0.15) is 10.4 Å². The second kappa shape index (κ2) is 6.67. The number of fused-ring (bicyclic) bond motifs is 2. The van der Waals surface area contributed by atoms with E-state index in [-0.39, 0.29) is 5.56 Å². The molecule has 1 atom stereocenters. The number of H-pyrrole nitrogens is 1. The van der Waals surface area contributed by atoms with Crippen LogP contribution in [0.4, 0.5) is 14.6 Å². The molecule has 0 aliphatic carbocycles. The Morgan fingerprint density at radius 3 is 2.97 bits per heavy atom. The molecule has 5 heterocycles. The van der Waals surface area contributed by atoms with Gasteiger partial charge in [-0.3, -0.25) is 0 Å². The van der Waals surface area contributed by atoms with Crippen molar-refractivity contribution in [3.05, 3.63) is 77.3 Å². The van der Waals surface area contributed by atoms with Crippen LogP contribution in [0.3, 0.4) is 0 Å². The topological polar surface area (TPSA) is 85.9 Å². The van der Waals surface area contributed by atoms with E-state index in [1.807, 2.05) is 11.0 Å². The van der Waals surface area contributed by atoms with Crippen molar-refractivity contribution in [2.75, 3.05) is 11.4 Å². The Labute approximate surface area is 164 Å². The van der Waals surface area contributed by atoms with Crippen LogP contribution in [0.2, 0.25) is 0 Å². The molecule has 0 aromatic carbocycles. The van der Waals surface area contributed by atoms with E-state index in [1.165, 1.54) is 10.6 Å². The summed E-state index contributed by atoms with van der Waals surface area (Å²) in [6.45, 7) is 0.622. The molecular formula is C20H15F2N7. The monoisotopic (exact) mass is 391 g/mol. The van der Waals surface area contributed by atoms with E-state index < -0.39 is 12.5 Å². The number of imidazole rings is 1. The molecule has 4 aromatic heterocycles. The van der Waals surface area contributed by atoms with Gasteiger partial charge >= 0.3 is 0 Å². The van der Waals surface area contributed by atoms with Crippen molar-refractivity contribution in [3.63, 3.8) is 0 Å².